The Labute approximate surface area is 85.7 Å². The summed E-state index contributed by atoms with van der Waals surface area (Å²) in [7, 11) is 1.66. The number of methoxy groups -OCH3 is 1. The van der Waals surface area contributed by atoms with Crippen LogP contribution in [-0.4, -0.2) is 44.9 Å². The molecule has 1 N–H and O–H groups in total. The van der Waals surface area contributed by atoms with E-state index >= 15 is 0 Å². The molecular weight excluding hydrogens is 190 g/mol. The molecule has 0 atom stereocenters. The van der Waals surface area contributed by atoms with Crippen LogP contribution in [0.4, 0.5) is 0 Å². The van der Waals surface area contributed by atoms with Crippen LogP contribution in [-0.2, 0) is 9.47 Å². The van der Waals surface area contributed by atoms with Gasteiger partial charge >= 0.3 is 0 Å². The molecule has 0 aromatic rings. The van der Waals surface area contributed by atoms with Crippen LogP contribution in [0.5, 0.6) is 0 Å². The first-order valence-electron chi connectivity index (χ1n) is 4.50. The Bertz CT molecular complexity index is 120. The molecule has 0 radical (unpaired) electrons. The van der Waals surface area contributed by atoms with Crippen molar-refractivity contribution >= 4 is 11.6 Å². The minimum absolute atomic E-state index is 0.00777. The van der Waals surface area contributed by atoms with Crippen molar-refractivity contribution in [1.29, 1.82) is 0 Å². The molecule has 0 heterocycles. The first-order valence-corrected chi connectivity index (χ1v) is 5.03. The van der Waals surface area contributed by atoms with Gasteiger partial charge in [-0.05, 0) is 13.8 Å². The molecular formula is C9H20ClNO2. The Morgan fingerprint density at radius 1 is 1.23 bits per heavy atom. The van der Waals surface area contributed by atoms with Gasteiger partial charge in [0.15, 0.2) is 0 Å². The van der Waals surface area contributed by atoms with Crippen molar-refractivity contribution in [3.8, 4) is 0 Å². The maximum Gasteiger partial charge on any atom is 0.0700 e. The van der Waals surface area contributed by atoms with E-state index in [1.165, 1.54) is 0 Å². The van der Waals surface area contributed by atoms with E-state index in [1.807, 2.05) is 0 Å². The van der Waals surface area contributed by atoms with E-state index < -0.39 is 0 Å². The Morgan fingerprint density at radius 3 is 2.46 bits per heavy atom. The summed E-state index contributed by atoms with van der Waals surface area (Å²) < 4.78 is 10.1. The van der Waals surface area contributed by atoms with Crippen molar-refractivity contribution in [1.82, 2.24) is 5.32 Å². The van der Waals surface area contributed by atoms with Crippen LogP contribution in [0.15, 0.2) is 0 Å². The molecule has 0 rings (SSSR count). The highest BCUT2D eigenvalue weighted by Crippen LogP contribution is 2.02. The fourth-order valence-electron chi connectivity index (χ4n) is 0.753. The number of halogens is 1. The summed E-state index contributed by atoms with van der Waals surface area (Å²) in [5.41, 5.74) is -0.00777. The van der Waals surface area contributed by atoms with Crippen LogP contribution in [0, 0.1) is 0 Å². The van der Waals surface area contributed by atoms with Gasteiger partial charge in [-0.3, -0.25) is 0 Å². The molecule has 4 heteroatoms. The minimum atomic E-state index is -0.00777. The quantitative estimate of drug-likeness (QED) is 0.482. The van der Waals surface area contributed by atoms with Gasteiger partial charge in [0.2, 0.25) is 0 Å². The Morgan fingerprint density at radius 2 is 1.92 bits per heavy atom. The van der Waals surface area contributed by atoms with E-state index in [0.717, 1.165) is 6.54 Å². The summed E-state index contributed by atoms with van der Waals surface area (Å²) >= 11 is 5.73. The molecule has 0 aliphatic heterocycles. The zero-order valence-electron chi connectivity index (χ0n) is 8.73. The predicted molar refractivity (Wildman–Crippen MR) is 55.5 cm³/mol. The van der Waals surface area contributed by atoms with E-state index in [0.29, 0.717) is 25.7 Å². The van der Waals surface area contributed by atoms with Crippen LogP contribution >= 0.6 is 11.6 Å². The fraction of sp³-hybridized carbons (Fsp3) is 1.00. The summed E-state index contributed by atoms with van der Waals surface area (Å²) in [6.45, 7) is 6.95. The fourth-order valence-corrected chi connectivity index (χ4v) is 0.848. The van der Waals surface area contributed by atoms with Gasteiger partial charge in [-0.25, -0.2) is 0 Å². The number of hydrogen-bond acceptors (Lipinski definition) is 3. The molecule has 80 valence electrons. The van der Waals surface area contributed by atoms with Gasteiger partial charge in [0.05, 0.1) is 19.8 Å². The number of rotatable bonds is 8. The van der Waals surface area contributed by atoms with Crippen LogP contribution in [0.25, 0.3) is 0 Å². The summed E-state index contributed by atoms with van der Waals surface area (Å²) in [6.07, 6.45) is 0. The lowest BCUT2D eigenvalue weighted by atomic mass is 10.1. The monoisotopic (exact) mass is 209 g/mol. The molecule has 0 saturated carbocycles. The van der Waals surface area contributed by atoms with Gasteiger partial charge in [-0.1, -0.05) is 0 Å². The largest absolute Gasteiger partial charge is 0.382 e. The third-order valence-electron chi connectivity index (χ3n) is 1.62. The summed E-state index contributed by atoms with van der Waals surface area (Å²) in [4.78, 5) is 0. The first kappa shape index (κ1) is 13.2. The maximum atomic E-state index is 5.73. The van der Waals surface area contributed by atoms with E-state index in [-0.39, 0.29) is 5.54 Å². The predicted octanol–water partition coefficient (Wildman–Crippen LogP) is 1.26. The Hall–Kier alpha value is 0.170. The second-order valence-corrected chi connectivity index (χ2v) is 3.82. The van der Waals surface area contributed by atoms with Crippen molar-refractivity contribution in [3.05, 3.63) is 0 Å². The molecule has 0 aliphatic carbocycles. The topological polar surface area (TPSA) is 30.5 Å². The zero-order chi connectivity index (χ0) is 10.2. The molecule has 0 fully saturated rings. The standard InChI is InChI=1S/C9H20ClNO2/c1-9(2,8-10)11-4-5-13-7-6-12-3/h11H,4-8H2,1-3H3. The van der Waals surface area contributed by atoms with E-state index in [9.17, 15) is 0 Å². The lowest BCUT2D eigenvalue weighted by Gasteiger charge is -2.23. The van der Waals surface area contributed by atoms with Gasteiger partial charge < -0.3 is 14.8 Å². The highest BCUT2D eigenvalue weighted by Gasteiger charge is 2.13. The van der Waals surface area contributed by atoms with Crippen LogP contribution in [0.2, 0.25) is 0 Å². The highest BCUT2D eigenvalue weighted by atomic mass is 35.5. The van der Waals surface area contributed by atoms with Gasteiger partial charge in [0.25, 0.3) is 0 Å². The van der Waals surface area contributed by atoms with Gasteiger partial charge in [0.1, 0.15) is 0 Å². The van der Waals surface area contributed by atoms with Crippen molar-refractivity contribution in [2.45, 2.75) is 19.4 Å². The molecule has 0 aliphatic rings. The molecule has 0 bridgehead atoms. The highest BCUT2D eigenvalue weighted by molar-refractivity contribution is 6.18. The van der Waals surface area contributed by atoms with Gasteiger partial charge in [-0.15, -0.1) is 11.6 Å². The van der Waals surface area contributed by atoms with Crippen LogP contribution in [0.1, 0.15) is 13.8 Å². The van der Waals surface area contributed by atoms with Crippen molar-refractivity contribution < 1.29 is 9.47 Å². The summed E-state index contributed by atoms with van der Waals surface area (Å²) in [6, 6.07) is 0. The lowest BCUT2D eigenvalue weighted by molar-refractivity contribution is 0.0700. The van der Waals surface area contributed by atoms with E-state index in [1.54, 1.807) is 7.11 Å². The maximum absolute atomic E-state index is 5.73. The molecule has 13 heavy (non-hydrogen) atoms. The Kier molecular flexibility index (Phi) is 7.66. The SMILES string of the molecule is COCCOCCNC(C)(C)CCl. The number of alkyl halides is 1. The van der Waals surface area contributed by atoms with Crippen molar-refractivity contribution in [3.63, 3.8) is 0 Å². The molecule has 0 amide bonds. The number of ether oxygens (including phenoxy) is 2. The lowest BCUT2D eigenvalue weighted by Crippen LogP contribution is -2.42. The Balaban J connectivity index is 3.16. The zero-order valence-corrected chi connectivity index (χ0v) is 9.49. The van der Waals surface area contributed by atoms with Crippen molar-refractivity contribution in [2.24, 2.45) is 0 Å². The van der Waals surface area contributed by atoms with Crippen molar-refractivity contribution in [2.75, 3.05) is 39.4 Å². The molecule has 0 unspecified atom stereocenters. The second kappa shape index (κ2) is 7.56. The van der Waals surface area contributed by atoms with Crippen LogP contribution < -0.4 is 5.32 Å². The average Bonchev–Trinajstić information content (AvgIpc) is 2.11. The summed E-state index contributed by atoms with van der Waals surface area (Å²) in [5, 5.41) is 3.29. The second-order valence-electron chi connectivity index (χ2n) is 3.55. The smallest absolute Gasteiger partial charge is 0.0700 e. The van der Waals surface area contributed by atoms with Gasteiger partial charge in [-0.2, -0.15) is 0 Å². The minimum Gasteiger partial charge on any atom is -0.382 e. The molecule has 0 saturated heterocycles. The van der Waals surface area contributed by atoms with Crippen LogP contribution in [0.3, 0.4) is 0 Å². The summed E-state index contributed by atoms with van der Waals surface area (Å²) in [5.74, 6) is 0.602. The first-order chi connectivity index (χ1) is 6.12. The molecule has 0 spiro atoms. The number of nitrogens with one attached hydrogen (secondary N) is 1. The van der Waals surface area contributed by atoms with E-state index in [2.05, 4.69) is 19.2 Å². The molecule has 0 aromatic carbocycles. The van der Waals surface area contributed by atoms with Gasteiger partial charge in [0, 0.05) is 25.1 Å². The number of hydrogen-bond donors (Lipinski definition) is 1. The normalized spacial score (nSPS) is 12.0. The molecule has 3 nitrogen and oxygen atoms in total. The average molecular weight is 210 g/mol. The molecule has 0 aromatic heterocycles. The van der Waals surface area contributed by atoms with E-state index in [4.69, 9.17) is 21.1 Å². The third kappa shape index (κ3) is 8.50. The third-order valence-corrected chi connectivity index (χ3v) is 2.28.